The first-order valence-electron chi connectivity index (χ1n) is 38.5. The fraction of sp³-hybridized carbons (Fsp3) is 0.550. The number of carbonyl (C=O) groups excluding carboxylic acids is 18. The van der Waals surface area contributed by atoms with Gasteiger partial charge in [-0.05, 0) is 93.1 Å². The van der Waals surface area contributed by atoms with Gasteiger partial charge < -0.3 is 66.8 Å². The predicted octanol–water partition coefficient (Wildman–Crippen LogP) is 2.90. The third-order valence-corrected chi connectivity index (χ3v) is 17.6. The van der Waals surface area contributed by atoms with Crippen LogP contribution in [-0.2, 0) is 125 Å². The number of rotatable bonds is 51. The molecule has 3 aromatic carbocycles. The lowest BCUT2D eigenvalue weighted by molar-refractivity contribution is -0.141. The van der Waals surface area contributed by atoms with Crippen LogP contribution in [0.5, 0.6) is 0 Å². The third-order valence-electron chi connectivity index (χ3n) is 17.6. The van der Waals surface area contributed by atoms with Crippen LogP contribution in [0.2, 0.25) is 0 Å². The van der Waals surface area contributed by atoms with Crippen molar-refractivity contribution in [3.8, 4) is 0 Å². The van der Waals surface area contributed by atoms with E-state index in [2.05, 4.69) is 47.9 Å². The number of nitrogens with one attached hydrogen (secondary N) is 9. The average Bonchev–Trinajstić information content (AvgIpc) is 1.71. The van der Waals surface area contributed by atoms with Gasteiger partial charge in [-0.15, -0.1) is 0 Å². The Morgan fingerprint density at radius 1 is 0.289 bits per heavy atom. The van der Waals surface area contributed by atoms with Gasteiger partial charge in [0.1, 0.15) is 17.3 Å². The Balaban J connectivity index is 0.000000361. The molecule has 15 amide bonds. The van der Waals surface area contributed by atoms with Crippen LogP contribution in [0, 0.1) is 17.8 Å². The molecule has 0 aliphatic carbocycles. The molecular weight excluding hydrogens is 1480 g/mol. The summed E-state index contributed by atoms with van der Waals surface area (Å²) in [5.74, 6) is -4.04. The lowest BCUT2D eigenvalue weighted by Gasteiger charge is -2.14. The highest BCUT2D eigenvalue weighted by atomic mass is 16.5. The Morgan fingerprint density at radius 2 is 0.518 bits per heavy atom. The molecule has 0 saturated carbocycles. The van der Waals surface area contributed by atoms with E-state index < -0.39 is 0 Å². The highest BCUT2D eigenvalue weighted by Gasteiger charge is 2.37. The molecule has 9 N–H and O–H groups in total. The molecule has 3 atom stereocenters. The monoisotopic (exact) mass is 1590 g/mol. The summed E-state index contributed by atoms with van der Waals surface area (Å²) < 4.78 is 21.6. The minimum absolute atomic E-state index is 0.0345. The standard InChI is InChI=1S/C28H40N4O8.2C26H36N4O7/c1-20-19-27(37)32(28(20)38)14-10-25(35)30-13-16-40-18-17-39-15-11-26(36)31-23-6-3-22(4-7-23)5-8-24(34)29-12-9-21(2)33;2*1-18-17-25(35)30(26(18)36)14-10-23(33)28-13-16-37-15-11-24(34)29-21-6-3-20(4-7-21)5-8-22(32)27-12-9-19(2)31/h3-4,6-7,20H,5,8-19H2,1-2H3,(H,29,34)(H,30,35)(H,31,36);2*3-4,6-7,18H,5,8-17H2,1-2H3,(H,27,32)(H,28,33)(H,29,34). The van der Waals surface area contributed by atoms with Gasteiger partial charge in [0.25, 0.3) is 0 Å². The second kappa shape index (κ2) is 54.0. The summed E-state index contributed by atoms with van der Waals surface area (Å²) in [4.78, 5) is 214. The van der Waals surface area contributed by atoms with E-state index in [1.807, 2.05) is 36.4 Å². The molecule has 3 aromatic rings. The van der Waals surface area contributed by atoms with Gasteiger partial charge in [-0.1, -0.05) is 57.2 Å². The van der Waals surface area contributed by atoms with Gasteiger partial charge in [0.05, 0.1) is 72.1 Å². The molecule has 624 valence electrons. The van der Waals surface area contributed by atoms with Crippen molar-refractivity contribution in [2.75, 3.05) is 128 Å². The van der Waals surface area contributed by atoms with Crippen LogP contribution in [0.3, 0.4) is 0 Å². The van der Waals surface area contributed by atoms with Crippen molar-refractivity contribution in [2.45, 2.75) is 157 Å². The summed E-state index contributed by atoms with van der Waals surface area (Å²) in [6, 6.07) is 21.7. The summed E-state index contributed by atoms with van der Waals surface area (Å²) in [5, 5.41) is 24.5. The van der Waals surface area contributed by atoms with Gasteiger partial charge in [-0.25, -0.2) is 0 Å². The maximum Gasteiger partial charge on any atom is 0.232 e. The number of amides is 15. The topological polar surface area (TPSA) is 462 Å². The largest absolute Gasteiger partial charge is 0.379 e. The molecule has 0 radical (unpaired) electrons. The molecule has 3 fully saturated rings. The van der Waals surface area contributed by atoms with Crippen molar-refractivity contribution >= 4 is 123 Å². The first-order chi connectivity index (χ1) is 54.5. The number of carbonyl (C=O) groups is 18. The summed E-state index contributed by atoms with van der Waals surface area (Å²) >= 11 is 0. The zero-order chi connectivity index (χ0) is 83.7. The molecule has 3 aliphatic heterocycles. The van der Waals surface area contributed by atoms with Crippen LogP contribution in [0.4, 0.5) is 17.1 Å². The van der Waals surface area contributed by atoms with Crippen molar-refractivity contribution in [3.63, 3.8) is 0 Å². The molecule has 3 unspecified atom stereocenters. The van der Waals surface area contributed by atoms with Gasteiger partial charge >= 0.3 is 0 Å². The Kier molecular flexibility index (Phi) is 45.2. The van der Waals surface area contributed by atoms with Crippen molar-refractivity contribution in [1.82, 2.24) is 46.6 Å². The van der Waals surface area contributed by atoms with E-state index in [1.165, 1.54) is 20.8 Å². The van der Waals surface area contributed by atoms with Crippen LogP contribution in [0.1, 0.15) is 155 Å². The van der Waals surface area contributed by atoms with Crippen LogP contribution >= 0.6 is 0 Å². The number of Topliss-reactive ketones (excluding diaryl/α,β-unsaturated/α-hetero) is 3. The van der Waals surface area contributed by atoms with E-state index in [1.54, 1.807) is 57.2 Å². The lowest BCUT2D eigenvalue weighted by Crippen LogP contribution is -2.35. The number of ether oxygens (including phenoxy) is 4. The summed E-state index contributed by atoms with van der Waals surface area (Å²) in [5.41, 5.74) is 4.80. The van der Waals surface area contributed by atoms with E-state index in [4.69, 9.17) is 18.9 Å². The van der Waals surface area contributed by atoms with Gasteiger partial charge in [-0.3, -0.25) is 101 Å². The van der Waals surface area contributed by atoms with Crippen LogP contribution < -0.4 is 47.9 Å². The van der Waals surface area contributed by atoms with Gasteiger partial charge in [0.2, 0.25) is 88.6 Å². The third kappa shape index (κ3) is 41.1. The second-order valence-electron chi connectivity index (χ2n) is 27.6. The number of hydrogen-bond acceptors (Lipinski definition) is 22. The SMILES string of the molecule is CC(=O)CCNC(=O)CCc1ccc(NC(=O)CCOCCNC(=O)CCN2C(=O)CC(C)C2=O)cc1.CC(=O)CCNC(=O)CCc1ccc(NC(=O)CCOCCNC(=O)CCN2C(=O)CC(C)C2=O)cc1.CC(=O)CCNC(=O)CCc1ccc(NC(=O)CCOCCOCCNC(=O)CCN2C(=O)CC(C)C2=O)cc1. The number of benzene rings is 3. The Bertz CT molecular complexity index is 3580. The predicted molar refractivity (Wildman–Crippen MR) is 417 cm³/mol. The number of aryl methyl sites for hydroxylation is 3. The van der Waals surface area contributed by atoms with Crippen LogP contribution in [-0.4, -0.2) is 232 Å². The second-order valence-corrected chi connectivity index (χ2v) is 27.6. The minimum atomic E-state index is -0.323. The smallest absolute Gasteiger partial charge is 0.232 e. The molecule has 0 aromatic heterocycles. The van der Waals surface area contributed by atoms with E-state index in [9.17, 15) is 86.3 Å². The maximum absolute atomic E-state index is 12.1. The highest BCUT2D eigenvalue weighted by Crippen LogP contribution is 2.22. The molecule has 34 nitrogen and oxygen atoms in total. The van der Waals surface area contributed by atoms with Crippen molar-refractivity contribution < 1.29 is 105 Å². The number of anilines is 3. The first-order valence-corrected chi connectivity index (χ1v) is 38.5. The average molecular weight is 1590 g/mol. The van der Waals surface area contributed by atoms with E-state index >= 15 is 0 Å². The summed E-state index contributed by atoms with van der Waals surface area (Å²) in [7, 11) is 0. The van der Waals surface area contributed by atoms with E-state index in [-0.39, 0.29) is 254 Å². The normalized spacial score (nSPS) is 14.9. The molecule has 114 heavy (non-hydrogen) atoms. The number of nitrogens with zero attached hydrogens (tertiary/aromatic N) is 3. The Hall–Kier alpha value is -10.8. The number of ketones is 3. The quantitative estimate of drug-likeness (QED) is 0.0290. The number of hydrogen-bond donors (Lipinski definition) is 9. The molecule has 3 saturated heterocycles. The molecule has 3 aliphatic rings. The Labute approximate surface area is 664 Å². The highest BCUT2D eigenvalue weighted by molar-refractivity contribution is 6.05. The maximum atomic E-state index is 12.1. The van der Waals surface area contributed by atoms with E-state index in [0.29, 0.717) is 114 Å². The molecule has 3 heterocycles. The van der Waals surface area contributed by atoms with Gasteiger partial charge in [-0.2, -0.15) is 0 Å². The number of imide groups is 3. The first kappa shape index (κ1) is 95.5. The molecule has 0 bridgehead atoms. The molecular formula is C80H112N12O22. The fourth-order valence-corrected chi connectivity index (χ4v) is 11.1. The van der Waals surface area contributed by atoms with Gasteiger partial charge in [0, 0.05) is 171 Å². The lowest BCUT2D eigenvalue weighted by atomic mass is 10.1. The molecule has 0 spiro atoms. The van der Waals surface area contributed by atoms with Crippen molar-refractivity contribution in [3.05, 3.63) is 89.5 Å². The summed E-state index contributed by atoms with van der Waals surface area (Å²) in [6.45, 7) is 13.6. The van der Waals surface area contributed by atoms with E-state index in [0.717, 1.165) is 31.4 Å². The van der Waals surface area contributed by atoms with Crippen LogP contribution in [0.25, 0.3) is 0 Å². The fourth-order valence-electron chi connectivity index (χ4n) is 11.1. The molecule has 6 rings (SSSR count). The van der Waals surface area contributed by atoms with Crippen molar-refractivity contribution in [2.24, 2.45) is 17.8 Å². The van der Waals surface area contributed by atoms with Gasteiger partial charge in [0.15, 0.2) is 0 Å². The minimum Gasteiger partial charge on any atom is -0.379 e. The zero-order valence-electron chi connectivity index (χ0n) is 66.2. The number of likely N-dealkylation sites (tertiary alicyclic amines) is 3. The Morgan fingerprint density at radius 3 is 0.754 bits per heavy atom. The zero-order valence-corrected chi connectivity index (χ0v) is 66.2. The summed E-state index contributed by atoms with van der Waals surface area (Å²) in [6.07, 6.45) is 4.81. The van der Waals surface area contributed by atoms with Crippen molar-refractivity contribution in [1.29, 1.82) is 0 Å². The molecule has 34 heteroatoms. The van der Waals surface area contributed by atoms with Crippen LogP contribution in [0.15, 0.2) is 72.8 Å².